The van der Waals surface area contributed by atoms with Crippen LogP contribution >= 0.6 is 0 Å². The molecular weight excluding hydrogens is 362 g/mol. The van der Waals surface area contributed by atoms with Crippen molar-refractivity contribution in [2.75, 3.05) is 18.1 Å². The van der Waals surface area contributed by atoms with E-state index in [4.69, 9.17) is 4.74 Å². The number of carbonyl (C=O) groups excluding carboxylic acids is 1. The maximum absolute atomic E-state index is 13.0. The van der Waals surface area contributed by atoms with Gasteiger partial charge in [0.05, 0.1) is 18.3 Å². The van der Waals surface area contributed by atoms with E-state index < -0.39 is 12.2 Å². The van der Waals surface area contributed by atoms with Gasteiger partial charge in [0.15, 0.2) is 0 Å². The number of aryl methyl sites for hydroxylation is 1. The lowest BCUT2D eigenvalue weighted by atomic mass is 9.98. The van der Waals surface area contributed by atoms with Gasteiger partial charge in [-0.1, -0.05) is 66.7 Å². The average molecular weight is 385 g/mol. The molecule has 0 aromatic heterocycles. The van der Waals surface area contributed by atoms with Crippen LogP contribution in [0.15, 0.2) is 72.8 Å². The Kier molecular flexibility index (Phi) is 4.57. The van der Waals surface area contributed by atoms with Crippen LogP contribution in [0.1, 0.15) is 29.0 Å². The number of aliphatic hydroxyl groups is 1. The zero-order chi connectivity index (χ0) is 19.8. The molecule has 146 valence electrons. The summed E-state index contributed by atoms with van der Waals surface area (Å²) in [4.78, 5) is 14.6. The van der Waals surface area contributed by atoms with Gasteiger partial charge in [0.2, 0.25) is 0 Å². The summed E-state index contributed by atoms with van der Waals surface area (Å²) in [5.74, 6) is 0.0264. The number of aliphatic hydroxyl groups excluding tert-OH is 1. The summed E-state index contributed by atoms with van der Waals surface area (Å²) in [6.45, 7) is 0.537. The number of carbonyl (C=O) groups is 1. The smallest absolute Gasteiger partial charge is 0.414 e. The molecule has 1 unspecified atom stereocenters. The van der Waals surface area contributed by atoms with Crippen molar-refractivity contribution >= 4 is 11.8 Å². The highest BCUT2D eigenvalue weighted by Crippen LogP contribution is 2.44. The molecule has 4 nitrogen and oxygen atoms in total. The van der Waals surface area contributed by atoms with E-state index in [-0.39, 0.29) is 19.1 Å². The summed E-state index contributed by atoms with van der Waals surface area (Å²) < 4.78 is 5.82. The van der Waals surface area contributed by atoms with Crippen molar-refractivity contribution in [2.24, 2.45) is 0 Å². The molecule has 1 aliphatic heterocycles. The summed E-state index contributed by atoms with van der Waals surface area (Å²) >= 11 is 0. The van der Waals surface area contributed by atoms with Crippen molar-refractivity contribution in [1.29, 1.82) is 0 Å². The average Bonchev–Trinajstić information content (AvgIpc) is 2.97. The zero-order valence-corrected chi connectivity index (χ0v) is 16.1. The van der Waals surface area contributed by atoms with E-state index >= 15 is 0 Å². The second kappa shape index (κ2) is 7.37. The Hall–Kier alpha value is -3.11. The van der Waals surface area contributed by atoms with Gasteiger partial charge in [-0.05, 0) is 46.7 Å². The van der Waals surface area contributed by atoms with Crippen molar-refractivity contribution in [3.05, 3.63) is 89.5 Å². The van der Waals surface area contributed by atoms with Gasteiger partial charge in [-0.25, -0.2) is 4.79 Å². The summed E-state index contributed by atoms with van der Waals surface area (Å²) in [6, 6.07) is 24.4. The first-order valence-electron chi connectivity index (χ1n) is 10.1. The highest BCUT2D eigenvalue weighted by atomic mass is 16.6. The second-order valence-electron chi connectivity index (χ2n) is 7.74. The number of para-hydroxylation sites is 1. The van der Waals surface area contributed by atoms with Crippen LogP contribution in [0.4, 0.5) is 10.5 Å². The Morgan fingerprint density at radius 2 is 1.55 bits per heavy atom. The highest BCUT2D eigenvalue weighted by Gasteiger charge is 2.31. The maximum Gasteiger partial charge on any atom is 0.414 e. The standard InChI is InChI=1S/C25H23NO3/c27-18-14-13-17-7-1-6-12-24(17)26(15-18)25(28)29-16-23-21-10-4-2-8-19(21)20-9-3-5-11-22(20)23/h1-12,18,23,27H,13-16H2. The predicted molar refractivity (Wildman–Crippen MR) is 113 cm³/mol. The van der Waals surface area contributed by atoms with Gasteiger partial charge >= 0.3 is 6.09 Å². The Labute approximate surface area is 170 Å². The molecule has 1 atom stereocenters. The lowest BCUT2D eigenvalue weighted by Gasteiger charge is -2.24. The summed E-state index contributed by atoms with van der Waals surface area (Å²) in [5, 5.41) is 10.3. The molecule has 0 spiro atoms. The van der Waals surface area contributed by atoms with Crippen molar-refractivity contribution in [1.82, 2.24) is 0 Å². The molecule has 2 aliphatic rings. The van der Waals surface area contributed by atoms with Crippen molar-refractivity contribution in [2.45, 2.75) is 24.9 Å². The molecule has 0 saturated heterocycles. The largest absolute Gasteiger partial charge is 0.448 e. The minimum absolute atomic E-state index is 0.0264. The van der Waals surface area contributed by atoms with Gasteiger partial charge in [-0.2, -0.15) is 0 Å². The SMILES string of the molecule is O=C(OCC1c2ccccc2-c2ccccc21)N1CC(O)CCc2ccccc21. The van der Waals surface area contributed by atoms with E-state index in [2.05, 4.69) is 24.3 Å². The van der Waals surface area contributed by atoms with Gasteiger partial charge in [0, 0.05) is 5.92 Å². The number of nitrogens with zero attached hydrogens (tertiary/aromatic N) is 1. The molecule has 5 rings (SSSR count). The third-order valence-corrected chi connectivity index (χ3v) is 5.98. The first kappa shape index (κ1) is 18.0. The molecule has 0 fully saturated rings. The first-order chi connectivity index (χ1) is 14.2. The number of rotatable bonds is 2. The van der Waals surface area contributed by atoms with Crippen molar-refractivity contribution in [3.63, 3.8) is 0 Å². The molecule has 3 aromatic carbocycles. The van der Waals surface area contributed by atoms with E-state index in [9.17, 15) is 9.90 Å². The van der Waals surface area contributed by atoms with Crippen LogP contribution in [0.3, 0.4) is 0 Å². The maximum atomic E-state index is 13.0. The molecule has 0 radical (unpaired) electrons. The third kappa shape index (κ3) is 3.19. The zero-order valence-electron chi connectivity index (χ0n) is 16.1. The topological polar surface area (TPSA) is 49.8 Å². The molecule has 1 aliphatic carbocycles. The molecule has 29 heavy (non-hydrogen) atoms. The van der Waals surface area contributed by atoms with E-state index in [1.54, 1.807) is 4.90 Å². The van der Waals surface area contributed by atoms with Crippen LogP contribution in [0.5, 0.6) is 0 Å². The minimum atomic E-state index is -0.553. The fourth-order valence-corrected chi connectivity index (χ4v) is 4.55. The molecule has 0 bridgehead atoms. The fourth-order valence-electron chi connectivity index (χ4n) is 4.55. The van der Waals surface area contributed by atoms with Gasteiger partial charge in [-0.3, -0.25) is 4.90 Å². The van der Waals surface area contributed by atoms with Crippen LogP contribution in [-0.4, -0.2) is 30.5 Å². The van der Waals surface area contributed by atoms with Crippen LogP contribution in [0.25, 0.3) is 11.1 Å². The molecule has 1 heterocycles. The van der Waals surface area contributed by atoms with Crippen LogP contribution in [-0.2, 0) is 11.2 Å². The van der Waals surface area contributed by atoms with E-state index in [1.165, 1.54) is 22.3 Å². The second-order valence-corrected chi connectivity index (χ2v) is 7.74. The first-order valence-corrected chi connectivity index (χ1v) is 10.1. The van der Waals surface area contributed by atoms with E-state index in [0.29, 0.717) is 6.42 Å². The lowest BCUT2D eigenvalue weighted by molar-refractivity contribution is 0.138. The highest BCUT2D eigenvalue weighted by molar-refractivity contribution is 5.89. The number of benzene rings is 3. The fraction of sp³-hybridized carbons (Fsp3) is 0.240. The normalized spacial score (nSPS) is 17.8. The lowest BCUT2D eigenvalue weighted by Crippen LogP contribution is -2.37. The molecular formula is C25H23NO3. The Balaban J connectivity index is 1.40. The summed E-state index contributed by atoms with van der Waals surface area (Å²) in [5.41, 5.74) is 6.70. The number of hydrogen-bond donors (Lipinski definition) is 1. The van der Waals surface area contributed by atoms with Gasteiger partial charge < -0.3 is 9.84 Å². The third-order valence-electron chi connectivity index (χ3n) is 5.98. The van der Waals surface area contributed by atoms with Crippen LogP contribution < -0.4 is 4.90 Å². The monoisotopic (exact) mass is 385 g/mol. The molecule has 1 amide bonds. The van der Waals surface area contributed by atoms with Crippen molar-refractivity contribution < 1.29 is 14.6 Å². The molecule has 4 heteroatoms. The summed E-state index contributed by atoms with van der Waals surface area (Å²) in [6.07, 6.45) is 0.442. The van der Waals surface area contributed by atoms with Crippen molar-refractivity contribution in [3.8, 4) is 11.1 Å². The summed E-state index contributed by atoms with van der Waals surface area (Å²) in [7, 11) is 0. The van der Waals surface area contributed by atoms with E-state index in [1.807, 2.05) is 48.5 Å². The Bertz CT molecular complexity index is 1020. The minimum Gasteiger partial charge on any atom is -0.448 e. The number of anilines is 1. The number of amides is 1. The van der Waals surface area contributed by atoms with Gasteiger partial charge in [-0.15, -0.1) is 0 Å². The Morgan fingerprint density at radius 3 is 2.28 bits per heavy atom. The molecule has 3 aromatic rings. The predicted octanol–water partition coefficient (Wildman–Crippen LogP) is 4.75. The number of ether oxygens (including phenoxy) is 1. The van der Waals surface area contributed by atoms with Gasteiger partial charge in [0.25, 0.3) is 0 Å². The van der Waals surface area contributed by atoms with Gasteiger partial charge in [0.1, 0.15) is 6.61 Å². The number of hydrogen-bond acceptors (Lipinski definition) is 3. The molecule has 1 N–H and O–H groups in total. The number of fused-ring (bicyclic) bond motifs is 4. The van der Waals surface area contributed by atoms with Crippen LogP contribution in [0, 0.1) is 0 Å². The molecule has 0 saturated carbocycles. The van der Waals surface area contributed by atoms with Crippen LogP contribution in [0.2, 0.25) is 0 Å². The quantitative estimate of drug-likeness (QED) is 0.693. The van der Waals surface area contributed by atoms with E-state index in [0.717, 1.165) is 17.7 Å². The Morgan fingerprint density at radius 1 is 0.931 bits per heavy atom. The number of β-amino-alcohol motifs (C(OH)–C–C–N with tert-alkyl or cyclic N) is 1.